The largest absolute Gasteiger partial charge is 0.493 e. The van der Waals surface area contributed by atoms with Gasteiger partial charge in [0.05, 0.1) is 13.7 Å². The lowest BCUT2D eigenvalue weighted by Crippen LogP contribution is -2.03. The van der Waals surface area contributed by atoms with Crippen molar-refractivity contribution in [2.45, 2.75) is 19.8 Å². The molecule has 1 fully saturated rings. The molecule has 0 spiro atoms. The second kappa shape index (κ2) is 4.56. The molecule has 1 saturated carbocycles. The summed E-state index contributed by atoms with van der Waals surface area (Å²) in [5, 5.41) is 0. The van der Waals surface area contributed by atoms with E-state index in [0.717, 1.165) is 18.4 Å². The monoisotopic (exact) mass is 220 g/mol. The summed E-state index contributed by atoms with van der Waals surface area (Å²) in [5.74, 6) is 1.79. The van der Waals surface area contributed by atoms with Crippen LogP contribution in [0.5, 0.6) is 11.5 Å². The molecule has 86 valence electrons. The fourth-order valence-electron chi connectivity index (χ4n) is 1.68. The van der Waals surface area contributed by atoms with Gasteiger partial charge >= 0.3 is 0 Å². The van der Waals surface area contributed by atoms with Crippen molar-refractivity contribution in [1.82, 2.24) is 0 Å². The first-order chi connectivity index (χ1) is 7.76. The number of hydrogen-bond donors (Lipinski definition) is 0. The number of carbonyl (C=O) groups is 1. The van der Waals surface area contributed by atoms with Gasteiger partial charge in [-0.15, -0.1) is 0 Å². The van der Waals surface area contributed by atoms with Crippen LogP contribution >= 0.6 is 0 Å². The lowest BCUT2D eigenvalue weighted by molar-refractivity contribution is 0.0967. The number of rotatable bonds is 5. The van der Waals surface area contributed by atoms with Gasteiger partial charge in [0, 0.05) is 11.5 Å². The molecule has 0 radical (unpaired) electrons. The van der Waals surface area contributed by atoms with Crippen LogP contribution in [-0.2, 0) is 0 Å². The van der Waals surface area contributed by atoms with E-state index in [9.17, 15) is 4.79 Å². The third-order valence-corrected chi connectivity index (χ3v) is 2.70. The smallest absolute Gasteiger partial charge is 0.166 e. The summed E-state index contributed by atoms with van der Waals surface area (Å²) >= 11 is 0. The van der Waals surface area contributed by atoms with Crippen LogP contribution in [0.15, 0.2) is 18.2 Å². The van der Waals surface area contributed by atoms with Gasteiger partial charge in [0.15, 0.2) is 17.3 Å². The summed E-state index contributed by atoms with van der Waals surface area (Å²) in [6, 6.07) is 5.39. The van der Waals surface area contributed by atoms with Gasteiger partial charge < -0.3 is 9.47 Å². The highest BCUT2D eigenvalue weighted by atomic mass is 16.5. The third kappa shape index (κ3) is 2.18. The first kappa shape index (κ1) is 11.0. The van der Waals surface area contributed by atoms with E-state index in [1.165, 1.54) is 0 Å². The van der Waals surface area contributed by atoms with Crippen molar-refractivity contribution >= 4 is 5.78 Å². The molecule has 1 aromatic carbocycles. The van der Waals surface area contributed by atoms with Crippen molar-refractivity contribution < 1.29 is 14.3 Å². The molecular weight excluding hydrogens is 204 g/mol. The molecule has 1 aromatic rings. The van der Waals surface area contributed by atoms with E-state index in [-0.39, 0.29) is 11.7 Å². The van der Waals surface area contributed by atoms with Crippen LogP contribution in [0.3, 0.4) is 0 Å². The number of ketones is 1. The van der Waals surface area contributed by atoms with E-state index in [0.29, 0.717) is 18.1 Å². The van der Waals surface area contributed by atoms with Gasteiger partial charge in [-0.3, -0.25) is 4.79 Å². The quantitative estimate of drug-likeness (QED) is 0.716. The number of ether oxygens (including phenoxy) is 2. The number of hydrogen-bond acceptors (Lipinski definition) is 3. The highest BCUT2D eigenvalue weighted by molar-refractivity contribution is 5.99. The SMILES string of the molecule is CCOc1ccc(C(=O)C2CC2)cc1OC. The van der Waals surface area contributed by atoms with Crippen molar-refractivity contribution in [3.8, 4) is 11.5 Å². The molecule has 2 rings (SSSR count). The molecule has 16 heavy (non-hydrogen) atoms. The zero-order chi connectivity index (χ0) is 11.5. The molecule has 3 heteroatoms. The Hall–Kier alpha value is -1.51. The Morgan fingerprint density at radius 2 is 2.12 bits per heavy atom. The predicted octanol–water partition coefficient (Wildman–Crippen LogP) is 2.69. The number of benzene rings is 1. The van der Waals surface area contributed by atoms with E-state index >= 15 is 0 Å². The van der Waals surface area contributed by atoms with Crippen molar-refractivity contribution in [1.29, 1.82) is 0 Å². The predicted molar refractivity (Wildman–Crippen MR) is 61.2 cm³/mol. The number of Topliss-reactive ketones (excluding diaryl/α,β-unsaturated/α-hetero) is 1. The maximum Gasteiger partial charge on any atom is 0.166 e. The second-order valence-electron chi connectivity index (χ2n) is 3.94. The maximum atomic E-state index is 11.8. The molecule has 0 aliphatic heterocycles. The minimum atomic E-state index is 0.223. The Bertz CT molecular complexity index is 394. The van der Waals surface area contributed by atoms with Gasteiger partial charge in [0.1, 0.15) is 0 Å². The molecule has 1 aliphatic carbocycles. The van der Waals surface area contributed by atoms with Crippen LogP contribution < -0.4 is 9.47 Å². The summed E-state index contributed by atoms with van der Waals surface area (Å²) in [7, 11) is 1.59. The van der Waals surface area contributed by atoms with Crippen molar-refractivity contribution in [2.24, 2.45) is 5.92 Å². The molecule has 0 amide bonds. The minimum Gasteiger partial charge on any atom is -0.493 e. The van der Waals surface area contributed by atoms with Crippen molar-refractivity contribution in [3.63, 3.8) is 0 Å². The first-order valence-corrected chi connectivity index (χ1v) is 5.61. The molecule has 0 unspecified atom stereocenters. The second-order valence-corrected chi connectivity index (χ2v) is 3.94. The van der Waals surface area contributed by atoms with Gasteiger partial charge in [-0.2, -0.15) is 0 Å². The van der Waals surface area contributed by atoms with Gasteiger partial charge in [0.25, 0.3) is 0 Å². The van der Waals surface area contributed by atoms with Gasteiger partial charge in [-0.25, -0.2) is 0 Å². The topological polar surface area (TPSA) is 35.5 Å². The summed E-state index contributed by atoms with van der Waals surface area (Å²) in [4.78, 5) is 11.8. The zero-order valence-corrected chi connectivity index (χ0v) is 9.66. The molecule has 0 bridgehead atoms. The van der Waals surface area contributed by atoms with Crippen LogP contribution in [0.4, 0.5) is 0 Å². The zero-order valence-electron chi connectivity index (χ0n) is 9.66. The molecule has 0 atom stereocenters. The van der Waals surface area contributed by atoms with Crippen LogP contribution in [0.1, 0.15) is 30.1 Å². The molecule has 1 aliphatic rings. The summed E-state index contributed by atoms with van der Waals surface area (Å²) in [5.41, 5.74) is 0.725. The Kier molecular flexibility index (Phi) is 3.13. The van der Waals surface area contributed by atoms with Crippen LogP contribution in [-0.4, -0.2) is 19.5 Å². The van der Waals surface area contributed by atoms with E-state index in [1.807, 2.05) is 13.0 Å². The summed E-state index contributed by atoms with van der Waals surface area (Å²) in [6.45, 7) is 2.51. The molecular formula is C13H16O3. The summed E-state index contributed by atoms with van der Waals surface area (Å²) < 4.78 is 10.6. The van der Waals surface area contributed by atoms with Gasteiger partial charge in [-0.05, 0) is 38.0 Å². The molecule has 0 heterocycles. The van der Waals surface area contributed by atoms with Crippen molar-refractivity contribution in [2.75, 3.05) is 13.7 Å². The third-order valence-electron chi connectivity index (χ3n) is 2.70. The van der Waals surface area contributed by atoms with E-state index in [4.69, 9.17) is 9.47 Å². The van der Waals surface area contributed by atoms with E-state index in [2.05, 4.69) is 0 Å². The van der Waals surface area contributed by atoms with Crippen LogP contribution in [0, 0.1) is 5.92 Å². The molecule has 0 saturated heterocycles. The van der Waals surface area contributed by atoms with Gasteiger partial charge in [-0.1, -0.05) is 0 Å². The normalized spacial score (nSPS) is 14.6. The average molecular weight is 220 g/mol. The van der Waals surface area contributed by atoms with Crippen molar-refractivity contribution in [3.05, 3.63) is 23.8 Å². The highest BCUT2D eigenvalue weighted by Crippen LogP contribution is 2.35. The molecule has 0 N–H and O–H groups in total. The Labute approximate surface area is 95.4 Å². The Morgan fingerprint density at radius 1 is 1.38 bits per heavy atom. The van der Waals surface area contributed by atoms with Crippen LogP contribution in [0.25, 0.3) is 0 Å². The fraction of sp³-hybridized carbons (Fsp3) is 0.462. The standard InChI is InChI=1S/C13H16O3/c1-3-16-11-7-6-10(8-12(11)15-2)13(14)9-4-5-9/h6-9H,3-5H2,1-2H3. The Morgan fingerprint density at radius 3 is 2.69 bits per heavy atom. The maximum absolute atomic E-state index is 11.8. The number of methoxy groups -OCH3 is 1. The minimum absolute atomic E-state index is 0.223. The summed E-state index contributed by atoms with van der Waals surface area (Å²) in [6.07, 6.45) is 2.04. The van der Waals surface area contributed by atoms with Crippen LogP contribution in [0.2, 0.25) is 0 Å². The lowest BCUT2D eigenvalue weighted by atomic mass is 10.1. The average Bonchev–Trinajstić information content (AvgIpc) is 3.13. The van der Waals surface area contributed by atoms with E-state index in [1.54, 1.807) is 19.2 Å². The van der Waals surface area contributed by atoms with E-state index < -0.39 is 0 Å². The first-order valence-electron chi connectivity index (χ1n) is 5.61. The fourth-order valence-corrected chi connectivity index (χ4v) is 1.68. The van der Waals surface area contributed by atoms with Gasteiger partial charge in [0.2, 0.25) is 0 Å². The molecule has 3 nitrogen and oxygen atoms in total. The Balaban J connectivity index is 2.24. The molecule has 0 aromatic heterocycles. The number of carbonyl (C=O) groups excluding carboxylic acids is 1. The lowest BCUT2D eigenvalue weighted by Gasteiger charge is -2.10. The highest BCUT2D eigenvalue weighted by Gasteiger charge is 2.30.